The summed E-state index contributed by atoms with van der Waals surface area (Å²) in [5, 5.41) is 11.0. The van der Waals surface area contributed by atoms with Crippen molar-refractivity contribution in [2.75, 3.05) is 0 Å². The maximum Gasteiger partial charge on any atom is 0.120 e. The smallest absolute Gasteiger partial charge is 0.120 e. The molecule has 2 nitrogen and oxygen atoms in total. The lowest BCUT2D eigenvalue weighted by Crippen LogP contribution is -2.35. The van der Waals surface area contributed by atoms with Crippen molar-refractivity contribution >= 4 is 0 Å². The Morgan fingerprint density at radius 2 is 1.84 bits per heavy atom. The van der Waals surface area contributed by atoms with Crippen molar-refractivity contribution in [2.45, 2.75) is 57.7 Å². The molecule has 0 amide bonds. The minimum absolute atomic E-state index is 0.411. The van der Waals surface area contributed by atoms with Crippen molar-refractivity contribution < 1.29 is 9.84 Å². The zero-order valence-corrected chi connectivity index (χ0v) is 11.9. The molecule has 104 valence electrons. The molecule has 0 aliphatic heterocycles. The van der Waals surface area contributed by atoms with E-state index in [0.717, 1.165) is 24.2 Å². The van der Waals surface area contributed by atoms with E-state index in [1.54, 1.807) is 0 Å². The highest BCUT2D eigenvalue weighted by Gasteiger charge is 2.37. The number of aliphatic hydroxyl groups is 1. The molecule has 2 aliphatic rings. The summed E-state index contributed by atoms with van der Waals surface area (Å²) in [6.45, 7) is 4.48. The van der Waals surface area contributed by atoms with Crippen LogP contribution in [0.3, 0.4) is 0 Å². The van der Waals surface area contributed by atoms with Gasteiger partial charge in [0, 0.05) is 0 Å². The van der Waals surface area contributed by atoms with Crippen LogP contribution in [0.5, 0.6) is 5.75 Å². The Morgan fingerprint density at radius 3 is 2.47 bits per heavy atom. The summed E-state index contributed by atoms with van der Waals surface area (Å²) < 4.78 is 5.84. The van der Waals surface area contributed by atoms with Crippen molar-refractivity contribution in [1.82, 2.24) is 0 Å². The predicted molar refractivity (Wildman–Crippen MR) is 76.2 cm³/mol. The van der Waals surface area contributed by atoms with Crippen LogP contribution in [0.15, 0.2) is 24.3 Å². The molecule has 0 saturated heterocycles. The maximum absolute atomic E-state index is 11.0. The molecule has 0 radical (unpaired) electrons. The average molecular weight is 260 g/mol. The van der Waals surface area contributed by atoms with Crippen LogP contribution in [-0.4, -0.2) is 11.2 Å². The van der Waals surface area contributed by atoms with E-state index in [2.05, 4.69) is 13.8 Å². The molecule has 2 atom stereocenters. The molecular weight excluding hydrogens is 236 g/mol. The first-order chi connectivity index (χ1) is 9.05. The first-order valence-electron chi connectivity index (χ1n) is 7.55. The fourth-order valence-corrected chi connectivity index (χ4v) is 3.56. The Balaban J connectivity index is 1.82. The number of hydrogen-bond donors (Lipinski definition) is 1. The highest BCUT2D eigenvalue weighted by molar-refractivity contribution is 5.33. The van der Waals surface area contributed by atoms with Crippen LogP contribution < -0.4 is 4.74 Å². The monoisotopic (exact) mass is 260 g/mol. The normalized spacial score (nSPS) is 35.1. The summed E-state index contributed by atoms with van der Waals surface area (Å²) in [5.41, 5.74) is 0.365. The van der Waals surface area contributed by atoms with Gasteiger partial charge in [0.25, 0.3) is 0 Å². The zero-order valence-electron chi connectivity index (χ0n) is 11.9. The second kappa shape index (κ2) is 4.82. The molecule has 2 unspecified atom stereocenters. The Morgan fingerprint density at radius 1 is 1.16 bits per heavy atom. The quantitative estimate of drug-likeness (QED) is 0.894. The SMILES string of the molecule is CC1CC(C)CC(O)(c2cccc(OC3CC3)c2)C1. The van der Waals surface area contributed by atoms with Crippen molar-refractivity contribution in [3.05, 3.63) is 29.8 Å². The second-order valence-electron chi connectivity index (χ2n) is 6.73. The lowest BCUT2D eigenvalue weighted by atomic mass is 9.71. The second-order valence-corrected chi connectivity index (χ2v) is 6.73. The van der Waals surface area contributed by atoms with Gasteiger partial charge in [0.05, 0.1) is 11.7 Å². The third-order valence-electron chi connectivity index (χ3n) is 4.38. The van der Waals surface area contributed by atoms with Crippen LogP contribution in [-0.2, 0) is 5.60 Å². The van der Waals surface area contributed by atoms with Crippen LogP contribution in [0.2, 0.25) is 0 Å². The summed E-state index contributed by atoms with van der Waals surface area (Å²) in [7, 11) is 0. The predicted octanol–water partition coefficient (Wildman–Crippen LogP) is 3.87. The van der Waals surface area contributed by atoms with Gasteiger partial charge in [-0.05, 0) is 61.6 Å². The Bertz CT molecular complexity index is 440. The zero-order chi connectivity index (χ0) is 13.5. The molecule has 0 heterocycles. The maximum atomic E-state index is 11.0. The van der Waals surface area contributed by atoms with Gasteiger partial charge in [0.15, 0.2) is 0 Å². The average Bonchev–Trinajstić information content (AvgIpc) is 3.11. The molecule has 0 bridgehead atoms. The van der Waals surface area contributed by atoms with Crippen molar-refractivity contribution in [3.8, 4) is 5.75 Å². The molecule has 0 spiro atoms. The van der Waals surface area contributed by atoms with Gasteiger partial charge in [-0.3, -0.25) is 0 Å². The van der Waals surface area contributed by atoms with Gasteiger partial charge < -0.3 is 9.84 Å². The van der Waals surface area contributed by atoms with Crippen molar-refractivity contribution in [2.24, 2.45) is 11.8 Å². The fourth-order valence-electron chi connectivity index (χ4n) is 3.56. The van der Waals surface area contributed by atoms with Crippen molar-refractivity contribution in [3.63, 3.8) is 0 Å². The van der Waals surface area contributed by atoms with E-state index in [-0.39, 0.29) is 0 Å². The Hall–Kier alpha value is -1.02. The van der Waals surface area contributed by atoms with Crippen LogP contribution in [0.4, 0.5) is 0 Å². The summed E-state index contributed by atoms with van der Waals surface area (Å²) in [6.07, 6.45) is 5.70. The van der Waals surface area contributed by atoms with Crippen LogP contribution in [0.25, 0.3) is 0 Å². The van der Waals surface area contributed by atoms with Gasteiger partial charge >= 0.3 is 0 Å². The topological polar surface area (TPSA) is 29.5 Å². The molecule has 2 heteroatoms. The molecule has 0 aromatic heterocycles. The van der Waals surface area contributed by atoms with E-state index in [4.69, 9.17) is 4.74 Å². The van der Waals surface area contributed by atoms with E-state index < -0.39 is 5.60 Å². The van der Waals surface area contributed by atoms with Gasteiger partial charge in [-0.15, -0.1) is 0 Å². The lowest BCUT2D eigenvalue weighted by molar-refractivity contribution is -0.0364. The van der Waals surface area contributed by atoms with E-state index in [0.29, 0.717) is 17.9 Å². The van der Waals surface area contributed by atoms with Crippen LogP contribution in [0.1, 0.15) is 51.5 Å². The van der Waals surface area contributed by atoms with Gasteiger partial charge in [0.1, 0.15) is 5.75 Å². The number of ether oxygens (including phenoxy) is 1. The van der Waals surface area contributed by atoms with E-state index >= 15 is 0 Å². The fraction of sp³-hybridized carbons (Fsp3) is 0.647. The third kappa shape index (κ3) is 2.94. The summed E-state index contributed by atoms with van der Waals surface area (Å²) >= 11 is 0. The molecule has 3 rings (SSSR count). The Kier molecular flexibility index (Phi) is 3.30. The number of benzene rings is 1. The molecule has 2 aliphatic carbocycles. The molecule has 1 aromatic carbocycles. The number of rotatable bonds is 3. The van der Waals surface area contributed by atoms with Gasteiger partial charge in [-0.25, -0.2) is 0 Å². The first kappa shape index (κ1) is 13.0. The van der Waals surface area contributed by atoms with Crippen LogP contribution >= 0.6 is 0 Å². The van der Waals surface area contributed by atoms with E-state index in [9.17, 15) is 5.11 Å². The van der Waals surface area contributed by atoms with E-state index in [1.165, 1.54) is 19.3 Å². The standard InChI is InChI=1S/C17H24O2/c1-12-8-13(2)11-17(18,10-12)14-4-3-5-16(9-14)19-15-6-7-15/h3-5,9,12-13,15,18H,6-8,10-11H2,1-2H3. The highest BCUT2D eigenvalue weighted by atomic mass is 16.5. The first-order valence-corrected chi connectivity index (χ1v) is 7.55. The summed E-state index contributed by atoms with van der Waals surface area (Å²) in [4.78, 5) is 0. The minimum Gasteiger partial charge on any atom is -0.490 e. The van der Waals surface area contributed by atoms with Crippen molar-refractivity contribution in [1.29, 1.82) is 0 Å². The number of hydrogen-bond acceptors (Lipinski definition) is 2. The highest BCUT2D eigenvalue weighted by Crippen LogP contribution is 2.43. The summed E-state index contributed by atoms with van der Waals surface area (Å²) in [6, 6.07) is 8.10. The largest absolute Gasteiger partial charge is 0.490 e. The third-order valence-corrected chi connectivity index (χ3v) is 4.38. The summed E-state index contributed by atoms with van der Waals surface area (Å²) in [5.74, 6) is 2.09. The lowest BCUT2D eigenvalue weighted by Gasteiger charge is -2.39. The van der Waals surface area contributed by atoms with Crippen LogP contribution in [0, 0.1) is 11.8 Å². The molecule has 1 N–H and O–H groups in total. The molecule has 1 aromatic rings. The molecular formula is C17H24O2. The molecule has 19 heavy (non-hydrogen) atoms. The van der Waals surface area contributed by atoms with E-state index in [1.807, 2.05) is 24.3 Å². The Labute approximate surface area is 115 Å². The van der Waals surface area contributed by atoms with Gasteiger partial charge in [0.2, 0.25) is 0 Å². The minimum atomic E-state index is -0.667. The molecule has 2 saturated carbocycles. The molecule has 2 fully saturated rings. The van der Waals surface area contributed by atoms with Gasteiger partial charge in [-0.2, -0.15) is 0 Å². The van der Waals surface area contributed by atoms with Gasteiger partial charge in [-0.1, -0.05) is 26.0 Å².